The lowest BCUT2D eigenvalue weighted by Gasteiger charge is -2.44. The molecule has 1 atom stereocenters. The second kappa shape index (κ2) is 4.84. The summed E-state index contributed by atoms with van der Waals surface area (Å²) in [7, 11) is 2.24. The number of hydrogen-bond acceptors (Lipinski definition) is 2. The topological polar surface area (TPSA) is 6.48 Å². The van der Waals surface area contributed by atoms with Crippen molar-refractivity contribution in [3.05, 3.63) is 0 Å². The maximum Gasteiger partial charge on any atom is 0.0246 e. The van der Waals surface area contributed by atoms with E-state index >= 15 is 0 Å². The Bertz CT molecular complexity index is 193. The van der Waals surface area contributed by atoms with E-state index in [0.29, 0.717) is 5.41 Å². The van der Waals surface area contributed by atoms with Crippen molar-refractivity contribution in [2.24, 2.45) is 11.3 Å². The normalized spacial score (nSPS) is 26.2. The minimum absolute atomic E-state index is 0.420. The van der Waals surface area contributed by atoms with Gasteiger partial charge < -0.3 is 4.90 Å². The standard InChI is InChI=1S/C13H28N2/c1-11(2)12-9-14(6)7-8-15(12)10-13(3,4)5/h11-12H,7-10H2,1-6H3. The fourth-order valence-corrected chi connectivity index (χ4v) is 2.43. The van der Waals surface area contributed by atoms with Crippen LogP contribution in [-0.2, 0) is 0 Å². The van der Waals surface area contributed by atoms with Crippen molar-refractivity contribution in [1.82, 2.24) is 9.80 Å². The third-order valence-corrected chi connectivity index (χ3v) is 3.18. The summed E-state index contributed by atoms with van der Waals surface area (Å²) in [6.45, 7) is 16.6. The van der Waals surface area contributed by atoms with Crippen molar-refractivity contribution in [2.45, 2.75) is 40.7 Å². The Hall–Kier alpha value is -0.0800. The van der Waals surface area contributed by atoms with Crippen LogP contribution in [0, 0.1) is 11.3 Å². The van der Waals surface area contributed by atoms with Crippen LogP contribution in [-0.4, -0.2) is 49.1 Å². The maximum atomic E-state index is 2.69. The van der Waals surface area contributed by atoms with Crippen molar-refractivity contribution in [3.63, 3.8) is 0 Å². The molecule has 0 aromatic heterocycles. The van der Waals surface area contributed by atoms with Gasteiger partial charge in [-0.25, -0.2) is 0 Å². The van der Waals surface area contributed by atoms with Crippen molar-refractivity contribution in [1.29, 1.82) is 0 Å². The Balaban J connectivity index is 2.61. The van der Waals surface area contributed by atoms with Crippen LogP contribution in [0.2, 0.25) is 0 Å². The van der Waals surface area contributed by atoms with Crippen LogP contribution in [0.3, 0.4) is 0 Å². The summed E-state index contributed by atoms with van der Waals surface area (Å²) in [5, 5.41) is 0. The van der Waals surface area contributed by atoms with Crippen LogP contribution in [0.15, 0.2) is 0 Å². The molecular weight excluding hydrogens is 184 g/mol. The summed E-state index contributed by atoms with van der Waals surface area (Å²) in [5.41, 5.74) is 0.420. The lowest BCUT2D eigenvalue weighted by Crippen LogP contribution is -2.55. The summed E-state index contributed by atoms with van der Waals surface area (Å²) in [6, 6.07) is 0.739. The summed E-state index contributed by atoms with van der Waals surface area (Å²) < 4.78 is 0. The van der Waals surface area contributed by atoms with Gasteiger partial charge in [0.05, 0.1) is 0 Å². The van der Waals surface area contributed by atoms with Crippen molar-refractivity contribution in [3.8, 4) is 0 Å². The van der Waals surface area contributed by atoms with Gasteiger partial charge in [-0.3, -0.25) is 4.90 Å². The van der Waals surface area contributed by atoms with E-state index in [-0.39, 0.29) is 0 Å². The van der Waals surface area contributed by atoms with Gasteiger partial charge in [-0.05, 0) is 18.4 Å². The van der Waals surface area contributed by atoms with Gasteiger partial charge in [0, 0.05) is 32.2 Å². The molecule has 0 aliphatic carbocycles. The van der Waals surface area contributed by atoms with E-state index in [1.807, 2.05) is 0 Å². The van der Waals surface area contributed by atoms with E-state index in [1.54, 1.807) is 0 Å². The van der Waals surface area contributed by atoms with Crippen LogP contribution >= 0.6 is 0 Å². The minimum Gasteiger partial charge on any atom is -0.304 e. The summed E-state index contributed by atoms with van der Waals surface area (Å²) >= 11 is 0. The summed E-state index contributed by atoms with van der Waals surface area (Å²) in [5.74, 6) is 0.759. The molecule has 2 heteroatoms. The molecule has 15 heavy (non-hydrogen) atoms. The van der Waals surface area contributed by atoms with Gasteiger partial charge in [-0.2, -0.15) is 0 Å². The summed E-state index contributed by atoms with van der Waals surface area (Å²) in [6.07, 6.45) is 0. The van der Waals surface area contributed by atoms with Crippen molar-refractivity contribution in [2.75, 3.05) is 33.2 Å². The second-order valence-electron chi connectivity index (χ2n) is 6.60. The van der Waals surface area contributed by atoms with Gasteiger partial charge >= 0.3 is 0 Å². The first-order valence-electron chi connectivity index (χ1n) is 6.22. The lowest BCUT2D eigenvalue weighted by atomic mass is 9.92. The van der Waals surface area contributed by atoms with E-state index in [0.717, 1.165) is 12.0 Å². The monoisotopic (exact) mass is 212 g/mol. The zero-order valence-corrected chi connectivity index (χ0v) is 11.4. The van der Waals surface area contributed by atoms with Gasteiger partial charge in [0.15, 0.2) is 0 Å². The third-order valence-electron chi connectivity index (χ3n) is 3.18. The second-order valence-corrected chi connectivity index (χ2v) is 6.60. The van der Waals surface area contributed by atoms with Gasteiger partial charge in [0.1, 0.15) is 0 Å². The molecule has 1 rings (SSSR count). The summed E-state index contributed by atoms with van der Waals surface area (Å²) in [4.78, 5) is 5.15. The Morgan fingerprint density at radius 2 is 1.80 bits per heavy atom. The highest BCUT2D eigenvalue weighted by Crippen LogP contribution is 2.22. The predicted molar refractivity (Wildman–Crippen MR) is 67.2 cm³/mol. The molecule has 0 amide bonds. The molecule has 1 fully saturated rings. The number of piperazine rings is 1. The molecular formula is C13H28N2. The molecule has 1 aliphatic rings. The van der Waals surface area contributed by atoms with E-state index < -0.39 is 0 Å². The molecule has 0 N–H and O–H groups in total. The van der Waals surface area contributed by atoms with Gasteiger partial charge in [0.2, 0.25) is 0 Å². The lowest BCUT2D eigenvalue weighted by molar-refractivity contribution is 0.0385. The van der Waals surface area contributed by atoms with E-state index in [2.05, 4.69) is 51.5 Å². The van der Waals surface area contributed by atoms with E-state index in [4.69, 9.17) is 0 Å². The number of likely N-dealkylation sites (N-methyl/N-ethyl adjacent to an activating group) is 1. The fraction of sp³-hybridized carbons (Fsp3) is 1.00. The van der Waals surface area contributed by atoms with Crippen molar-refractivity contribution < 1.29 is 0 Å². The molecule has 1 saturated heterocycles. The Morgan fingerprint density at radius 1 is 1.20 bits per heavy atom. The number of nitrogens with zero attached hydrogens (tertiary/aromatic N) is 2. The SMILES string of the molecule is CC(C)C1CN(C)CCN1CC(C)(C)C. The number of hydrogen-bond donors (Lipinski definition) is 0. The smallest absolute Gasteiger partial charge is 0.0246 e. The molecule has 0 bridgehead atoms. The quantitative estimate of drug-likeness (QED) is 0.693. The predicted octanol–water partition coefficient (Wildman–Crippen LogP) is 2.30. The maximum absolute atomic E-state index is 2.69. The molecule has 0 spiro atoms. The number of rotatable bonds is 2. The van der Waals surface area contributed by atoms with Crippen LogP contribution < -0.4 is 0 Å². The van der Waals surface area contributed by atoms with Crippen LogP contribution in [0.5, 0.6) is 0 Å². The minimum atomic E-state index is 0.420. The fourth-order valence-electron chi connectivity index (χ4n) is 2.43. The highest BCUT2D eigenvalue weighted by atomic mass is 15.3. The van der Waals surface area contributed by atoms with Gasteiger partial charge in [0.25, 0.3) is 0 Å². The van der Waals surface area contributed by atoms with Crippen LogP contribution in [0.4, 0.5) is 0 Å². The highest BCUT2D eigenvalue weighted by Gasteiger charge is 2.29. The Kier molecular flexibility index (Phi) is 4.19. The average molecular weight is 212 g/mol. The molecule has 1 heterocycles. The van der Waals surface area contributed by atoms with Gasteiger partial charge in [-0.15, -0.1) is 0 Å². The highest BCUT2D eigenvalue weighted by molar-refractivity contribution is 4.85. The molecule has 0 aromatic rings. The first-order chi connectivity index (χ1) is 6.79. The van der Waals surface area contributed by atoms with Crippen LogP contribution in [0.1, 0.15) is 34.6 Å². The first kappa shape index (κ1) is 13.0. The largest absolute Gasteiger partial charge is 0.304 e. The van der Waals surface area contributed by atoms with Crippen molar-refractivity contribution >= 4 is 0 Å². The van der Waals surface area contributed by atoms with E-state index in [1.165, 1.54) is 26.2 Å². The molecule has 0 aromatic carbocycles. The Morgan fingerprint density at radius 3 is 2.27 bits per heavy atom. The molecule has 90 valence electrons. The van der Waals surface area contributed by atoms with Crippen LogP contribution in [0.25, 0.3) is 0 Å². The van der Waals surface area contributed by atoms with E-state index in [9.17, 15) is 0 Å². The zero-order chi connectivity index (χ0) is 11.6. The van der Waals surface area contributed by atoms with Gasteiger partial charge in [-0.1, -0.05) is 34.6 Å². The molecule has 1 unspecified atom stereocenters. The third kappa shape index (κ3) is 4.12. The average Bonchev–Trinajstić information content (AvgIpc) is 2.05. The molecule has 0 radical (unpaired) electrons. The molecule has 0 saturated carbocycles. The molecule has 2 nitrogen and oxygen atoms in total. The first-order valence-corrected chi connectivity index (χ1v) is 6.22. The Labute approximate surface area is 95.6 Å². The molecule has 1 aliphatic heterocycles. The zero-order valence-electron chi connectivity index (χ0n) is 11.4.